The van der Waals surface area contributed by atoms with Gasteiger partial charge in [0, 0.05) is 44.0 Å². The van der Waals surface area contributed by atoms with Gasteiger partial charge in [-0.25, -0.2) is 4.79 Å². The van der Waals surface area contributed by atoms with Crippen molar-refractivity contribution in [3.63, 3.8) is 0 Å². The van der Waals surface area contributed by atoms with Gasteiger partial charge in [0.25, 0.3) is 0 Å². The van der Waals surface area contributed by atoms with Crippen LogP contribution in [0.15, 0.2) is 42.5 Å². The van der Waals surface area contributed by atoms with E-state index in [2.05, 4.69) is 10.2 Å². The lowest BCUT2D eigenvalue weighted by Gasteiger charge is -2.36. The number of nitrogens with zero attached hydrogens (tertiary/aromatic N) is 2. The van der Waals surface area contributed by atoms with Crippen LogP contribution >= 0.6 is 0 Å². The first-order valence-electron chi connectivity index (χ1n) is 9.37. The van der Waals surface area contributed by atoms with Gasteiger partial charge in [0.1, 0.15) is 0 Å². The fourth-order valence-corrected chi connectivity index (χ4v) is 3.42. The molecule has 2 heterocycles. The third-order valence-electron chi connectivity index (χ3n) is 5.09. The van der Waals surface area contributed by atoms with E-state index in [4.69, 9.17) is 9.47 Å². The summed E-state index contributed by atoms with van der Waals surface area (Å²) in [5.41, 5.74) is 2.76. The third-order valence-corrected chi connectivity index (χ3v) is 5.09. The quantitative estimate of drug-likeness (QED) is 0.825. The van der Waals surface area contributed by atoms with E-state index in [-0.39, 0.29) is 18.6 Å². The van der Waals surface area contributed by atoms with Gasteiger partial charge in [-0.05, 0) is 48.9 Å². The number of anilines is 1. The number of ketones is 1. The van der Waals surface area contributed by atoms with E-state index < -0.39 is 0 Å². The van der Waals surface area contributed by atoms with Gasteiger partial charge in [-0.15, -0.1) is 0 Å². The van der Waals surface area contributed by atoms with Crippen LogP contribution in [0, 0.1) is 0 Å². The highest BCUT2D eigenvalue weighted by atomic mass is 16.7. The standard InChI is InChI=1S/C21H23N3O4/c1-15(25)17-3-5-18(6-4-17)23-8-10-24(11-9-23)21(26)22-13-16-2-7-19-20(12-16)28-14-27-19/h2-7,12H,8-11,13-14H2,1H3,(H,22,26). The number of hydrogen-bond donors (Lipinski definition) is 1. The molecule has 4 rings (SSSR count). The molecule has 1 N–H and O–H groups in total. The Bertz CT molecular complexity index is 874. The minimum Gasteiger partial charge on any atom is -0.454 e. The van der Waals surface area contributed by atoms with Crippen molar-refractivity contribution in [2.24, 2.45) is 0 Å². The number of benzene rings is 2. The number of urea groups is 1. The Morgan fingerprint density at radius 2 is 1.68 bits per heavy atom. The topological polar surface area (TPSA) is 71.1 Å². The number of hydrogen-bond acceptors (Lipinski definition) is 5. The van der Waals surface area contributed by atoms with E-state index in [1.165, 1.54) is 0 Å². The summed E-state index contributed by atoms with van der Waals surface area (Å²) in [4.78, 5) is 27.9. The van der Waals surface area contributed by atoms with Crippen molar-refractivity contribution in [2.45, 2.75) is 13.5 Å². The lowest BCUT2D eigenvalue weighted by molar-refractivity contribution is 0.101. The predicted molar refractivity (Wildman–Crippen MR) is 105 cm³/mol. The van der Waals surface area contributed by atoms with Gasteiger partial charge in [0.15, 0.2) is 17.3 Å². The van der Waals surface area contributed by atoms with Crippen LogP contribution in [0.3, 0.4) is 0 Å². The number of nitrogens with one attached hydrogen (secondary N) is 1. The lowest BCUT2D eigenvalue weighted by atomic mass is 10.1. The van der Waals surface area contributed by atoms with Crippen LogP contribution in [0.2, 0.25) is 0 Å². The molecule has 2 aromatic rings. The van der Waals surface area contributed by atoms with Crippen LogP contribution in [0.1, 0.15) is 22.8 Å². The molecule has 2 aromatic carbocycles. The molecule has 146 valence electrons. The highest BCUT2D eigenvalue weighted by molar-refractivity contribution is 5.94. The third kappa shape index (κ3) is 3.88. The minimum absolute atomic E-state index is 0.0653. The van der Waals surface area contributed by atoms with Crippen LogP contribution < -0.4 is 19.7 Å². The molecule has 0 unspecified atom stereocenters. The second-order valence-corrected chi connectivity index (χ2v) is 6.92. The number of fused-ring (bicyclic) bond motifs is 1. The maximum atomic E-state index is 12.5. The summed E-state index contributed by atoms with van der Waals surface area (Å²) in [7, 11) is 0. The van der Waals surface area contributed by atoms with E-state index >= 15 is 0 Å². The van der Waals surface area contributed by atoms with E-state index in [1.54, 1.807) is 6.92 Å². The lowest BCUT2D eigenvalue weighted by Crippen LogP contribution is -2.51. The van der Waals surface area contributed by atoms with Gasteiger partial charge < -0.3 is 24.6 Å². The van der Waals surface area contributed by atoms with Gasteiger partial charge in [-0.2, -0.15) is 0 Å². The highest BCUT2D eigenvalue weighted by Crippen LogP contribution is 2.32. The van der Waals surface area contributed by atoms with Gasteiger partial charge >= 0.3 is 6.03 Å². The maximum absolute atomic E-state index is 12.5. The number of ether oxygens (including phenoxy) is 2. The summed E-state index contributed by atoms with van der Waals surface area (Å²) in [5.74, 6) is 1.52. The van der Waals surface area contributed by atoms with Crippen LogP contribution in [-0.4, -0.2) is 49.7 Å². The zero-order chi connectivity index (χ0) is 19.5. The van der Waals surface area contributed by atoms with Crippen molar-refractivity contribution in [3.8, 4) is 11.5 Å². The average Bonchev–Trinajstić information content (AvgIpc) is 3.20. The molecule has 7 nitrogen and oxygen atoms in total. The van der Waals surface area contributed by atoms with Crippen molar-refractivity contribution >= 4 is 17.5 Å². The maximum Gasteiger partial charge on any atom is 0.317 e. The second-order valence-electron chi connectivity index (χ2n) is 6.92. The number of piperazine rings is 1. The van der Waals surface area contributed by atoms with Crippen LogP contribution in [0.4, 0.5) is 10.5 Å². The molecule has 28 heavy (non-hydrogen) atoms. The Balaban J connectivity index is 1.27. The average molecular weight is 381 g/mol. The number of carbonyl (C=O) groups is 2. The molecule has 0 bridgehead atoms. The molecule has 0 spiro atoms. The Morgan fingerprint density at radius 3 is 2.39 bits per heavy atom. The molecule has 0 saturated carbocycles. The van der Waals surface area contributed by atoms with Crippen molar-refractivity contribution in [2.75, 3.05) is 37.9 Å². The number of carbonyl (C=O) groups excluding carboxylic acids is 2. The van der Waals surface area contributed by atoms with E-state index in [9.17, 15) is 9.59 Å². The largest absolute Gasteiger partial charge is 0.454 e. The van der Waals surface area contributed by atoms with E-state index in [1.807, 2.05) is 47.4 Å². The number of rotatable bonds is 4. The molecule has 1 saturated heterocycles. The Hall–Kier alpha value is -3.22. The summed E-state index contributed by atoms with van der Waals surface area (Å²) < 4.78 is 10.7. The van der Waals surface area contributed by atoms with Crippen molar-refractivity contribution < 1.29 is 19.1 Å². The van der Waals surface area contributed by atoms with Crippen LogP contribution in [0.25, 0.3) is 0 Å². The summed E-state index contributed by atoms with van der Waals surface area (Å²) in [6.07, 6.45) is 0. The SMILES string of the molecule is CC(=O)c1ccc(N2CCN(C(=O)NCc3ccc4c(c3)OCO4)CC2)cc1. The summed E-state index contributed by atoms with van der Waals surface area (Å²) in [6.45, 7) is 5.08. The van der Waals surface area contributed by atoms with Crippen LogP contribution in [0.5, 0.6) is 11.5 Å². The predicted octanol–water partition coefficient (Wildman–Crippen LogP) is 2.65. The van der Waals surface area contributed by atoms with Crippen LogP contribution in [-0.2, 0) is 6.54 Å². The Labute approximate surface area is 163 Å². The van der Waals surface area contributed by atoms with Gasteiger partial charge in [-0.1, -0.05) is 6.07 Å². The van der Waals surface area contributed by atoms with Crippen molar-refractivity contribution in [1.82, 2.24) is 10.2 Å². The summed E-state index contributed by atoms with van der Waals surface area (Å²) in [5, 5.41) is 2.97. The zero-order valence-electron chi connectivity index (χ0n) is 15.8. The second kappa shape index (κ2) is 7.80. The molecule has 0 aromatic heterocycles. The smallest absolute Gasteiger partial charge is 0.317 e. The molecule has 7 heteroatoms. The van der Waals surface area contributed by atoms with Gasteiger partial charge in [-0.3, -0.25) is 4.79 Å². The molecular formula is C21H23N3O4. The normalized spacial score (nSPS) is 15.5. The molecule has 0 aliphatic carbocycles. The fourth-order valence-electron chi connectivity index (χ4n) is 3.42. The van der Waals surface area contributed by atoms with Gasteiger partial charge in [0.2, 0.25) is 6.79 Å². The monoisotopic (exact) mass is 381 g/mol. The van der Waals surface area contributed by atoms with E-state index in [0.717, 1.165) is 35.8 Å². The molecule has 1 fully saturated rings. The molecular weight excluding hydrogens is 358 g/mol. The molecule has 2 amide bonds. The minimum atomic E-state index is -0.0655. The van der Waals surface area contributed by atoms with E-state index in [0.29, 0.717) is 25.2 Å². The number of amides is 2. The molecule has 2 aliphatic heterocycles. The van der Waals surface area contributed by atoms with Crippen molar-refractivity contribution in [3.05, 3.63) is 53.6 Å². The van der Waals surface area contributed by atoms with Crippen molar-refractivity contribution in [1.29, 1.82) is 0 Å². The first kappa shape index (κ1) is 18.2. The zero-order valence-corrected chi connectivity index (χ0v) is 15.8. The molecule has 0 atom stereocenters. The highest BCUT2D eigenvalue weighted by Gasteiger charge is 2.21. The number of Topliss-reactive ketones (excluding diaryl/α,β-unsaturated/α-hetero) is 1. The molecule has 0 radical (unpaired) electrons. The summed E-state index contributed by atoms with van der Waals surface area (Å²) >= 11 is 0. The van der Waals surface area contributed by atoms with Gasteiger partial charge in [0.05, 0.1) is 0 Å². The first-order valence-corrected chi connectivity index (χ1v) is 9.37. The summed E-state index contributed by atoms with van der Waals surface area (Å²) in [6, 6.07) is 13.2. The Morgan fingerprint density at radius 1 is 0.964 bits per heavy atom. The first-order chi connectivity index (χ1) is 13.6. The molecule has 2 aliphatic rings. The Kier molecular flexibility index (Phi) is 5.06. The fraction of sp³-hybridized carbons (Fsp3) is 0.333.